The molecule has 1 unspecified atom stereocenters. The van der Waals surface area contributed by atoms with Crippen molar-refractivity contribution in [1.29, 1.82) is 0 Å². The lowest BCUT2D eigenvalue weighted by Crippen LogP contribution is -2.43. The van der Waals surface area contributed by atoms with Crippen LogP contribution in [0, 0.1) is 13.8 Å². The molecule has 154 valence electrons. The van der Waals surface area contributed by atoms with E-state index in [9.17, 15) is 0 Å². The van der Waals surface area contributed by atoms with Gasteiger partial charge in [-0.25, -0.2) is 4.98 Å². The van der Waals surface area contributed by atoms with E-state index in [4.69, 9.17) is 9.97 Å². The average molecular weight is 399 g/mol. The van der Waals surface area contributed by atoms with Crippen molar-refractivity contribution in [3.05, 3.63) is 58.2 Å². The molecular formula is C26H30N4. The molecule has 5 heterocycles. The minimum absolute atomic E-state index is 0.691. The molecule has 4 heteroatoms. The Balaban J connectivity index is 1.54. The van der Waals surface area contributed by atoms with Crippen molar-refractivity contribution >= 4 is 22.8 Å². The van der Waals surface area contributed by atoms with Crippen molar-refractivity contribution in [3.63, 3.8) is 0 Å². The predicted octanol–water partition coefficient (Wildman–Crippen LogP) is 5.29. The Bertz CT molecular complexity index is 1170. The molecule has 2 aliphatic heterocycles. The SMILES string of the molecule is Cc1cnc2c(c1)c1c(n2C=C2CCCc3nc(C)ccc32)CC2CCCCN2C1. The zero-order valence-corrected chi connectivity index (χ0v) is 18.1. The molecule has 3 aliphatic rings. The summed E-state index contributed by atoms with van der Waals surface area (Å²) < 4.78 is 2.44. The molecule has 1 fully saturated rings. The maximum absolute atomic E-state index is 4.92. The lowest BCUT2D eigenvalue weighted by atomic mass is 9.90. The Morgan fingerprint density at radius 3 is 2.97 bits per heavy atom. The Morgan fingerprint density at radius 2 is 2.03 bits per heavy atom. The maximum Gasteiger partial charge on any atom is 0.144 e. The third-order valence-corrected chi connectivity index (χ3v) is 7.34. The van der Waals surface area contributed by atoms with Gasteiger partial charge in [-0.2, -0.15) is 0 Å². The van der Waals surface area contributed by atoms with Gasteiger partial charge in [-0.1, -0.05) is 12.5 Å². The molecule has 30 heavy (non-hydrogen) atoms. The quantitative estimate of drug-likeness (QED) is 0.558. The van der Waals surface area contributed by atoms with Crippen molar-refractivity contribution in [2.45, 2.75) is 71.4 Å². The highest BCUT2D eigenvalue weighted by atomic mass is 15.2. The van der Waals surface area contributed by atoms with Gasteiger partial charge in [0.2, 0.25) is 0 Å². The van der Waals surface area contributed by atoms with Gasteiger partial charge < -0.3 is 4.57 Å². The zero-order valence-electron chi connectivity index (χ0n) is 18.1. The molecule has 0 N–H and O–H groups in total. The number of pyridine rings is 2. The van der Waals surface area contributed by atoms with Crippen LogP contribution in [0.2, 0.25) is 0 Å². The monoisotopic (exact) mass is 398 g/mol. The number of rotatable bonds is 1. The summed E-state index contributed by atoms with van der Waals surface area (Å²) in [7, 11) is 0. The molecule has 1 saturated heterocycles. The van der Waals surface area contributed by atoms with Gasteiger partial charge in [-0.3, -0.25) is 9.88 Å². The molecular weight excluding hydrogens is 368 g/mol. The fourth-order valence-electron chi connectivity index (χ4n) is 5.83. The number of aryl methyl sites for hydroxylation is 3. The summed E-state index contributed by atoms with van der Waals surface area (Å²) in [6.07, 6.45) is 13.0. The summed E-state index contributed by atoms with van der Waals surface area (Å²) in [5.41, 5.74) is 10.5. The van der Waals surface area contributed by atoms with Crippen LogP contribution in [0.3, 0.4) is 0 Å². The first-order chi connectivity index (χ1) is 14.7. The molecule has 0 amide bonds. The Morgan fingerprint density at radius 1 is 1.10 bits per heavy atom. The number of piperidine rings is 1. The fraction of sp³-hybridized carbons (Fsp3) is 0.462. The molecule has 1 aliphatic carbocycles. The summed E-state index contributed by atoms with van der Waals surface area (Å²) >= 11 is 0. The number of aromatic nitrogens is 3. The van der Waals surface area contributed by atoms with Gasteiger partial charge in [-0.05, 0) is 81.3 Å². The van der Waals surface area contributed by atoms with Crippen molar-refractivity contribution in [2.75, 3.05) is 6.54 Å². The lowest BCUT2D eigenvalue weighted by Gasteiger charge is -2.39. The summed E-state index contributed by atoms with van der Waals surface area (Å²) in [5.74, 6) is 0. The van der Waals surface area contributed by atoms with E-state index in [-0.39, 0.29) is 0 Å². The van der Waals surface area contributed by atoms with Crippen LogP contribution < -0.4 is 0 Å². The van der Waals surface area contributed by atoms with Gasteiger partial charge in [0, 0.05) is 59.4 Å². The van der Waals surface area contributed by atoms with Gasteiger partial charge in [0.15, 0.2) is 0 Å². The molecule has 0 radical (unpaired) electrons. The Hall–Kier alpha value is -2.46. The van der Waals surface area contributed by atoms with Crippen LogP contribution in [-0.2, 0) is 19.4 Å². The molecule has 0 spiro atoms. The fourth-order valence-corrected chi connectivity index (χ4v) is 5.83. The van der Waals surface area contributed by atoms with Crippen LogP contribution in [0.15, 0.2) is 24.4 Å². The molecule has 3 aromatic rings. The Kier molecular flexibility index (Phi) is 4.31. The van der Waals surface area contributed by atoms with E-state index in [1.165, 1.54) is 71.3 Å². The number of allylic oxidation sites excluding steroid dienone is 1. The van der Waals surface area contributed by atoms with E-state index in [1.54, 1.807) is 0 Å². The van der Waals surface area contributed by atoms with Crippen LogP contribution >= 0.6 is 0 Å². The minimum atomic E-state index is 0.691. The topological polar surface area (TPSA) is 34.0 Å². The lowest BCUT2D eigenvalue weighted by molar-refractivity contribution is 0.126. The largest absolute Gasteiger partial charge is 0.304 e. The summed E-state index contributed by atoms with van der Waals surface area (Å²) in [4.78, 5) is 12.5. The van der Waals surface area contributed by atoms with Crippen LogP contribution in [0.25, 0.3) is 22.8 Å². The van der Waals surface area contributed by atoms with E-state index in [2.05, 4.69) is 47.7 Å². The van der Waals surface area contributed by atoms with Gasteiger partial charge in [-0.15, -0.1) is 0 Å². The molecule has 3 aromatic heterocycles. The second kappa shape index (κ2) is 7.05. The molecule has 0 aromatic carbocycles. The molecule has 1 atom stereocenters. The zero-order chi connectivity index (χ0) is 20.2. The smallest absolute Gasteiger partial charge is 0.144 e. The Labute approximate surface area is 178 Å². The average Bonchev–Trinajstić information content (AvgIpc) is 3.04. The molecule has 0 saturated carbocycles. The van der Waals surface area contributed by atoms with E-state index >= 15 is 0 Å². The standard InChI is InChI=1S/C26H30N4/c1-17-12-22-23-16-29-11-4-3-7-20(29)13-25(23)30(26(22)27-14-17)15-19-6-5-8-24-21(19)10-9-18(2)28-24/h9-10,12,14-15,20H,3-8,11,13,16H2,1-2H3. The second-order valence-electron chi connectivity index (χ2n) is 9.46. The van der Waals surface area contributed by atoms with Crippen molar-refractivity contribution < 1.29 is 0 Å². The number of nitrogens with zero attached hydrogens (tertiary/aromatic N) is 4. The van der Waals surface area contributed by atoms with Crippen LogP contribution in [0.4, 0.5) is 0 Å². The van der Waals surface area contributed by atoms with E-state index < -0.39 is 0 Å². The van der Waals surface area contributed by atoms with Gasteiger partial charge in [0.05, 0.1) is 0 Å². The summed E-state index contributed by atoms with van der Waals surface area (Å²) in [6.45, 7) is 6.58. The van der Waals surface area contributed by atoms with Crippen molar-refractivity contribution in [2.24, 2.45) is 0 Å². The molecule has 4 nitrogen and oxygen atoms in total. The first-order valence-corrected chi connectivity index (χ1v) is 11.6. The van der Waals surface area contributed by atoms with Crippen LogP contribution in [0.5, 0.6) is 0 Å². The third kappa shape index (κ3) is 2.92. The van der Waals surface area contributed by atoms with Gasteiger partial charge in [0.1, 0.15) is 5.65 Å². The maximum atomic E-state index is 4.92. The normalized spacial score (nSPS) is 22.7. The number of fused-ring (bicyclic) bond motifs is 5. The van der Waals surface area contributed by atoms with Crippen molar-refractivity contribution in [1.82, 2.24) is 19.4 Å². The summed E-state index contributed by atoms with van der Waals surface area (Å²) in [6, 6.07) is 7.47. The first-order valence-electron chi connectivity index (χ1n) is 11.6. The highest BCUT2D eigenvalue weighted by Gasteiger charge is 2.32. The number of hydrogen-bond acceptors (Lipinski definition) is 3. The van der Waals surface area contributed by atoms with Crippen LogP contribution in [-0.4, -0.2) is 32.0 Å². The van der Waals surface area contributed by atoms with E-state index in [0.717, 1.165) is 37.1 Å². The highest BCUT2D eigenvalue weighted by Crippen LogP contribution is 2.38. The molecule has 0 bridgehead atoms. The predicted molar refractivity (Wildman–Crippen MR) is 122 cm³/mol. The van der Waals surface area contributed by atoms with E-state index in [1.807, 2.05) is 6.20 Å². The van der Waals surface area contributed by atoms with Crippen LogP contribution in [0.1, 0.15) is 65.9 Å². The summed E-state index contributed by atoms with van der Waals surface area (Å²) in [5, 5.41) is 1.35. The first kappa shape index (κ1) is 18.3. The molecule has 6 rings (SSSR count). The number of hydrogen-bond donors (Lipinski definition) is 0. The third-order valence-electron chi connectivity index (χ3n) is 7.34. The minimum Gasteiger partial charge on any atom is -0.304 e. The van der Waals surface area contributed by atoms with Crippen molar-refractivity contribution in [3.8, 4) is 0 Å². The second-order valence-corrected chi connectivity index (χ2v) is 9.46. The highest BCUT2D eigenvalue weighted by molar-refractivity contribution is 5.88. The van der Waals surface area contributed by atoms with Gasteiger partial charge >= 0.3 is 0 Å². The van der Waals surface area contributed by atoms with E-state index in [0.29, 0.717) is 6.04 Å². The van der Waals surface area contributed by atoms with Gasteiger partial charge in [0.25, 0.3) is 0 Å².